The van der Waals surface area contributed by atoms with E-state index >= 15 is 0 Å². The quantitative estimate of drug-likeness (QED) is 0.767. The van der Waals surface area contributed by atoms with Crippen molar-refractivity contribution in [1.82, 2.24) is 10.2 Å². The molecule has 0 atom stereocenters. The number of rotatable bonds is 5. The first-order valence-electron chi connectivity index (χ1n) is 9.20. The van der Waals surface area contributed by atoms with Crippen molar-refractivity contribution in [3.63, 3.8) is 0 Å². The van der Waals surface area contributed by atoms with Crippen LogP contribution in [0.25, 0.3) is 0 Å². The lowest BCUT2D eigenvalue weighted by Gasteiger charge is -2.32. The molecular weight excluding hydrogens is 415 g/mol. The molecule has 0 aromatic heterocycles. The van der Waals surface area contributed by atoms with Gasteiger partial charge >= 0.3 is 0 Å². The predicted molar refractivity (Wildman–Crippen MR) is 112 cm³/mol. The Morgan fingerprint density at radius 2 is 1.69 bits per heavy atom. The number of amides is 2. The molecule has 2 aromatic rings. The lowest BCUT2D eigenvalue weighted by molar-refractivity contribution is 0.0698. The van der Waals surface area contributed by atoms with Crippen LogP contribution in [0.5, 0.6) is 11.5 Å². The van der Waals surface area contributed by atoms with Crippen LogP contribution in [0.1, 0.15) is 33.6 Å². The highest BCUT2D eigenvalue weighted by Crippen LogP contribution is 2.28. The molecule has 1 saturated heterocycles. The summed E-state index contributed by atoms with van der Waals surface area (Å²) in [6.07, 6.45) is 1.31. The molecule has 0 unspecified atom stereocenters. The first-order valence-corrected chi connectivity index (χ1v) is 9.95. The van der Waals surface area contributed by atoms with Crippen LogP contribution < -0.4 is 14.8 Å². The number of carbonyl (C=O) groups excluding carboxylic acids is 2. The molecule has 3 rings (SSSR count). The fraction of sp³-hybridized carbons (Fsp3) is 0.333. The van der Waals surface area contributed by atoms with Gasteiger partial charge in [-0.1, -0.05) is 23.2 Å². The van der Waals surface area contributed by atoms with Gasteiger partial charge < -0.3 is 19.7 Å². The van der Waals surface area contributed by atoms with Crippen molar-refractivity contribution >= 4 is 35.0 Å². The van der Waals surface area contributed by atoms with Crippen molar-refractivity contribution in [3.8, 4) is 11.5 Å². The average Bonchev–Trinajstić information content (AvgIpc) is 2.74. The molecule has 1 fully saturated rings. The summed E-state index contributed by atoms with van der Waals surface area (Å²) in [5.41, 5.74) is 0.888. The highest BCUT2D eigenvalue weighted by Gasteiger charge is 2.26. The first kappa shape index (κ1) is 21.3. The first-order chi connectivity index (χ1) is 13.9. The lowest BCUT2D eigenvalue weighted by atomic mass is 10.0. The smallest absolute Gasteiger partial charge is 0.255 e. The van der Waals surface area contributed by atoms with E-state index in [2.05, 4.69) is 5.32 Å². The monoisotopic (exact) mass is 436 g/mol. The molecule has 0 saturated carbocycles. The largest absolute Gasteiger partial charge is 0.493 e. The van der Waals surface area contributed by atoms with Crippen molar-refractivity contribution in [1.29, 1.82) is 0 Å². The maximum atomic E-state index is 12.7. The zero-order valence-corrected chi connectivity index (χ0v) is 17.7. The van der Waals surface area contributed by atoms with Gasteiger partial charge in [-0.25, -0.2) is 0 Å². The molecule has 1 heterocycles. The van der Waals surface area contributed by atoms with Gasteiger partial charge in [0.25, 0.3) is 11.8 Å². The van der Waals surface area contributed by atoms with Gasteiger partial charge in [0.15, 0.2) is 11.5 Å². The number of piperidine rings is 1. The maximum absolute atomic E-state index is 12.7. The number of carbonyl (C=O) groups is 2. The third kappa shape index (κ3) is 4.95. The zero-order valence-electron chi connectivity index (χ0n) is 16.2. The molecule has 154 valence electrons. The summed E-state index contributed by atoms with van der Waals surface area (Å²) in [6.45, 7) is 1.05. The highest BCUT2D eigenvalue weighted by atomic mass is 35.5. The van der Waals surface area contributed by atoms with Gasteiger partial charge in [0, 0.05) is 29.7 Å². The fourth-order valence-corrected chi connectivity index (χ4v) is 3.68. The number of nitrogens with zero attached hydrogens (tertiary/aromatic N) is 1. The Morgan fingerprint density at radius 3 is 2.34 bits per heavy atom. The van der Waals surface area contributed by atoms with Crippen LogP contribution in [0, 0.1) is 0 Å². The Labute approximate surface area is 179 Å². The Kier molecular flexibility index (Phi) is 6.87. The van der Waals surface area contributed by atoms with Crippen LogP contribution in [0.2, 0.25) is 10.0 Å². The van der Waals surface area contributed by atoms with E-state index in [1.165, 1.54) is 7.11 Å². The van der Waals surface area contributed by atoms with E-state index in [1.54, 1.807) is 48.4 Å². The summed E-state index contributed by atoms with van der Waals surface area (Å²) >= 11 is 12.1. The van der Waals surface area contributed by atoms with Crippen molar-refractivity contribution in [2.75, 3.05) is 27.3 Å². The van der Waals surface area contributed by atoms with Crippen LogP contribution in [-0.2, 0) is 0 Å². The molecule has 2 aromatic carbocycles. The van der Waals surface area contributed by atoms with Crippen molar-refractivity contribution < 1.29 is 19.1 Å². The van der Waals surface area contributed by atoms with Crippen LogP contribution >= 0.6 is 23.2 Å². The molecule has 8 heteroatoms. The topological polar surface area (TPSA) is 67.9 Å². The number of hydrogen-bond acceptors (Lipinski definition) is 4. The SMILES string of the molecule is COc1ccc(C(=O)NC2CCN(C(=O)c3cc(Cl)ccc3Cl)CC2)cc1OC. The molecule has 0 spiro atoms. The summed E-state index contributed by atoms with van der Waals surface area (Å²) in [4.78, 5) is 27.0. The second-order valence-electron chi connectivity index (χ2n) is 6.73. The molecule has 0 aliphatic carbocycles. The van der Waals surface area contributed by atoms with Gasteiger partial charge in [0.2, 0.25) is 0 Å². The van der Waals surface area contributed by atoms with Gasteiger partial charge in [0.1, 0.15) is 0 Å². The van der Waals surface area contributed by atoms with E-state index in [1.807, 2.05) is 0 Å². The van der Waals surface area contributed by atoms with Gasteiger partial charge in [-0.3, -0.25) is 9.59 Å². The van der Waals surface area contributed by atoms with E-state index < -0.39 is 0 Å². The third-order valence-corrected chi connectivity index (χ3v) is 5.49. The number of methoxy groups -OCH3 is 2. The van der Waals surface area contributed by atoms with E-state index in [0.29, 0.717) is 58.6 Å². The number of ether oxygens (including phenoxy) is 2. The second kappa shape index (κ2) is 9.37. The number of nitrogens with one attached hydrogen (secondary N) is 1. The molecule has 1 aliphatic heterocycles. The molecule has 1 aliphatic rings. The van der Waals surface area contributed by atoms with Crippen LogP contribution in [0.15, 0.2) is 36.4 Å². The standard InChI is InChI=1S/C21H22Cl2N2O4/c1-28-18-6-3-13(11-19(18)29-2)20(26)24-15-7-9-25(10-8-15)21(27)16-12-14(22)4-5-17(16)23/h3-6,11-12,15H,7-10H2,1-2H3,(H,24,26). The fourth-order valence-electron chi connectivity index (χ4n) is 3.30. The van der Waals surface area contributed by atoms with Crippen molar-refractivity contribution in [2.45, 2.75) is 18.9 Å². The maximum Gasteiger partial charge on any atom is 0.255 e. The minimum Gasteiger partial charge on any atom is -0.493 e. The zero-order chi connectivity index (χ0) is 21.0. The lowest BCUT2D eigenvalue weighted by Crippen LogP contribution is -2.46. The van der Waals surface area contributed by atoms with E-state index in [4.69, 9.17) is 32.7 Å². The molecular formula is C21H22Cl2N2O4. The molecule has 0 bridgehead atoms. The van der Waals surface area contributed by atoms with Gasteiger partial charge in [0.05, 0.1) is 24.8 Å². The van der Waals surface area contributed by atoms with Gasteiger partial charge in [-0.05, 0) is 49.2 Å². The normalized spacial score (nSPS) is 14.4. The average molecular weight is 437 g/mol. The van der Waals surface area contributed by atoms with Crippen LogP contribution in [0.4, 0.5) is 0 Å². The third-order valence-electron chi connectivity index (χ3n) is 4.92. The van der Waals surface area contributed by atoms with Crippen LogP contribution in [0.3, 0.4) is 0 Å². The van der Waals surface area contributed by atoms with Crippen molar-refractivity contribution in [3.05, 3.63) is 57.6 Å². The highest BCUT2D eigenvalue weighted by molar-refractivity contribution is 6.35. The van der Waals surface area contributed by atoms with Crippen LogP contribution in [-0.4, -0.2) is 50.1 Å². The molecule has 29 heavy (non-hydrogen) atoms. The number of hydrogen-bond donors (Lipinski definition) is 1. The van der Waals surface area contributed by atoms with E-state index in [-0.39, 0.29) is 17.9 Å². The van der Waals surface area contributed by atoms with E-state index in [9.17, 15) is 9.59 Å². The summed E-state index contributed by atoms with van der Waals surface area (Å²) < 4.78 is 10.4. The number of likely N-dealkylation sites (tertiary alicyclic amines) is 1. The minimum absolute atomic E-state index is 0.0190. The molecule has 2 amide bonds. The molecule has 0 radical (unpaired) electrons. The summed E-state index contributed by atoms with van der Waals surface area (Å²) in [7, 11) is 3.07. The molecule has 6 nitrogen and oxygen atoms in total. The Balaban J connectivity index is 1.59. The van der Waals surface area contributed by atoms with E-state index in [0.717, 1.165) is 0 Å². The number of halogens is 2. The minimum atomic E-state index is -0.186. The summed E-state index contributed by atoms with van der Waals surface area (Å²) in [5.74, 6) is 0.727. The predicted octanol–water partition coefficient (Wildman–Crippen LogP) is 4.05. The Bertz CT molecular complexity index is 912. The summed E-state index contributed by atoms with van der Waals surface area (Å²) in [6, 6.07) is 9.87. The Morgan fingerprint density at radius 1 is 1.00 bits per heavy atom. The number of benzene rings is 2. The van der Waals surface area contributed by atoms with Gasteiger partial charge in [-0.15, -0.1) is 0 Å². The summed E-state index contributed by atoms with van der Waals surface area (Å²) in [5, 5.41) is 3.87. The molecule has 1 N–H and O–H groups in total. The van der Waals surface area contributed by atoms with Crippen molar-refractivity contribution in [2.24, 2.45) is 0 Å². The Hall–Kier alpha value is -2.44. The second-order valence-corrected chi connectivity index (χ2v) is 7.58. The van der Waals surface area contributed by atoms with Gasteiger partial charge in [-0.2, -0.15) is 0 Å².